The van der Waals surface area contributed by atoms with Crippen LogP contribution in [-0.4, -0.2) is 34.2 Å². The number of carbonyl (C=O) groups is 1. The number of carbonyl (C=O) groups excluding carboxylic acids is 1. The standard InChI is InChI=1S/C14H14BrF2N3O2/c1-19(8-10-5-6-18-20(10)2)13(21)11-7-9(15)3-4-12(11)22-14(16)17/h3-7,14H,8H2,1-2H3. The molecule has 2 rings (SSSR count). The largest absolute Gasteiger partial charge is 0.434 e. The van der Waals surface area contributed by atoms with Crippen LogP contribution in [0.5, 0.6) is 5.75 Å². The molecule has 1 heterocycles. The van der Waals surface area contributed by atoms with Crippen LogP contribution in [-0.2, 0) is 13.6 Å². The number of amides is 1. The number of rotatable bonds is 5. The van der Waals surface area contributed by atoms with Crippen LogP contribution in [0.25, 0.3) is 0 Å². The minimum absolute atomic E-state index is 0.0688. The first-order chi connectivity index (χ1) is 10.4. The van der Waals surface area contributed by atoms with E-state index in [2.05, 4.69) is 25.8 Å². The molecule has 2 aromatic rings. The molecule has 22 heavy (non-hydrogen) atoms. The van der Waals surface area contributed by atoms with Crippen LogP contribution in [0.3, 0.4) is 0 Å². The Labute approximate surface area is 134 Å². The number of aromatic nitrogens is 2. The molecule has 0 atom stereocenters. The maximum Gasteiger partial charge on any atom is 0.387 e. The van der Waals surface area contributed by atoms with Gasteiger partial charge in [0.25, 0.3) is 5.91 Å². The molecule has 1 aromatic carbocycles. The summed E-state index contributed by atoms with van der Waals surface area (Å²) in [4.78, 5) is 13.9. The van der Waals surface area contributed by atoms with Crippen LogP contribution in [0.1, 0.15) is 16.1 Å². The summed E-state index contributed by atoms with van der Waals surface area (Å²) in [7, 11) is 3.35. The Morgan fingerprint density at radius 3 is 2.77 bits per heavy atom. The quantitative estimate of drug-likeness (QED) is 0.808. The summed E-state index contributed by atoms with van der Waals surface area (Å²) >= 11 is 3.22. The van der Waals surface area contributed by atoms with Gasteiger partial charge in [-0.05, 0) is 24.3 Å². The van der Waals surface area contributed by atoms with Crippen molar-refractivity contribution in [2.45, 2.75) is 13.2 Å². The Morgan fingerprint density at radius 2 is 2.18 bits per heavy atom. The number of ether oxygens (including phenoxy) is 1. The summed E-state index contributed by atoms with van der Waals surface area (Å²) in [5.74, 6) is -0.571. The lowest BCUT2D eigenvalue weighted by molar-refractivity contribution is -0.0502. The van der Waals surface area contributed by atoms with E-state index in [0.29, 0.717) is 11.0 Å². The molecule has 118 valence electrons. The van der Waals surface area contributed by atoms with Crippen LogP contribution >= 0.6 is 15.9 Å². The van der Waals surface area contributed by atoms with Gasteiger partial charge in [0.2, 0.25) is 0 Å². The Bertz CT molecular complexity index is 676. The van der Waals surface area contributed by atoms with Crippen molar-refractivity contribution >= 4 is 21.8 Å². The summed E-state index contributed by atoms with van der Waals surface area (Å²) in [6.07, 6.45) is 1.62. The van der Waals surface area contributed by atoms with Crippen molar-refractivity contribution < 1.29 is 18.3 Å². The topological polar surface area (TPSA) is 47.4 Å². The SMILES string of the molecule is CN(Cc1ccnn1C)C(=O)c1cc(Br)ccc1OC(F)F. The van der Waals surface area contributed by atoms with E-state index in [1.807, 2.05) is 0 Å². The number of benzene rings is 1. The van der Waals surface area contributed by atoms with E-state index in [1.165, 1.54) is 23.1 Å². The Morgan fingerprint density at radius 1 is 1.45 bits per heavy atom. The lowest BCUT2D eigenvalue weighted by Gasteiger charge is -2.19. The van der Waals surface area contributed by atoms with Crippen molar-refractivity contribution in [1.29, 1.82) is 0 Å². The third-order valence-electron chi connectivity index (χ3n) is 3.06. The molecule has 1 aromatic heterocycles. The van der Waals surface area contributed by atoms with Crippen molar-refractivity contribution in [2.24, 2.45) is 7.05 Å². The van der Waals surface area contributed by atoms with Gasteiger partial charge in [0.05, 0.1) is 17.8 Å². The van der Waals surface area contributed by atoms with Crippen molar-refractivity contribution in [3.63, 3.8) is 0 Å². The van der Waals surface area contributed by atoms with Gasteiger partial charge in [-0.15, -0.1) is 0 Å². The number of hydrogen-bond donors (Lipinski definition) is 0. The van der Waals surface area contributed by atoms with Crippen molar-refractivity contribution in [3.05, 3.63) is 46.2 Å². The molecule has 1 amide bonds. The average Bonchev–Trinajstić information content (AvgIpc) is 2.85. The fraction of sp³-hybridized carbons (Fsp3) is 0.286. The first kappa shape index (κ1) is 16.4. The molecule has 0 aliphatic carbocycles. The van der Waals surface area contributed by atoms with Gasteiger partial charge in [0.15, 0.2) is 0 Å². The fourth-order valence-electron chi connectivity index (χ4n) is 1.94. The highest BCUT2D eigenvalue weighted by atomic mass is 79.9. The maximum atomic E-state index is 12.5. The van der Waals surface area contributed by atoms with Crippen LogP contribution in [0.4, 0.5) is 8.78 Å². The average molecular weight is 374 g/mol. The normalized spacial score (nSPS) is 10.8. The van der Waals surface area contributed by atoms with Crippen molar-refractivity contribution in [1.82, 2.24) is 14.7 Å². The summed E-state index contributed by atoms with van der Waals surface area (Å²) in [6.45, 7) is -2.69. The highest BCUT2D eigenvalue weighted by Crippen LogP contribution is 2.26. The van der Waals surface area contributed by atoms with Crippen LogP contribution in [0.15, 0.2) is 34.9 Å². The molecule has 5 nitrogen and oxygen atoms in total. The molecule has 0 unspecified atom stereocenters. The molecule has 0 aliphatic heterocycles. The molecule has 0 bridgehead atoms. The first-order valence-corrected chi connectivity index (χ1v) is 7.14. The van der Waals surface area contributed by atoms with Crippen LogP contribution in [0, 0.1) is 0 Å². The third kappa shape index (κ3) is 3.82. The minimum atomic E-state index is -2.99. The number of halogens is 3. The molecule has 0 fully saturated rings. The van der Waals surface area contributed by atoms with E-state index in [9.17, 15) is 13.6 Å². The Kier molecular flexibility index (Phi) is 5.12. The summed E-state index contributed by atoms with van der Waals surface area (Å²) in [5, 5.41) is 4.02. The van der Waals surface area contributed by atoms with E-state index < -0.39 is 12.5 Å². The van der Waals surface area contributed by atoms with Gasteiger partial charge >= 0.3 is 6.61 Å². The summed E-state index contributed by atoms with van der Waals surface area (Å²) in [6, 6.07) is 6.11. The van der Waals surface area contributed by atoms with Crippen LogP contribution in [0.2, 0.25) is 0 Å². The zero-order chi connectivity index (χ0) is 16.3. The first-order valence-electron chi connectivity index (χ1n) is 6.35. The van der Waals surface area contributed by atoms with Crippen molar-refractivity contribution in [2.75, 3.05) is 7.05 Å². The molecular weight excluding hydrogens is 360 g/mol. The Hall–Kier alpha value is -1.96. The van der Waals surface area contributed by atoms with Gasteiger partial charge in [0, 0.05) is 24.8 Å². The van der Waals surface area contributed by atoms with E-state index >= 15 is 0 Å². The second-order valence-electron chi connectivity index (χ2n) is 4.63. The second kappa shape index (κ2) is 6.87. The highest BCUT2D eigenvalue weighted by molar-refractivity contribution is 9.10. The van der Waals surface area contributed by atoms with E-state index in [0.717, 1.165) is 5.69 Å². The molecule has 8 heteroatoms. The maximum absolute atomic E-state index is 12.5. The Balaban J connectivity index is 2.24. The molecule has 0 saturated carbocycles. The predicted molar refractivity (Wildman–Crippen MR) is 79.8 cm³/mol. The fourth-order valence-corrected chi connectivity index (χ4v) is 2.31. The zero-order valence-corrected chi connectivity index (χ0v) is 13.5. The van der Waals surface area contributed by atoms with Gasteiger partial charge in [-0.1, -0.05) is 15.9 Å². The van der Waals surface area contributed by atoms with Gasteiger partial charge < -0.3 is 9.64 Å². The number of aryl methyl sites for hydroxylation is 1. The van der Waals surface area contributed by atoms with Gasteiger partial charge in [0.1, 0.15) is 5.75 Å². The van der Waals surface area contributed by atoms with Gasteiger partial charge in [-0.3, -0.25) is 9.48 Å². The van der Waals surface area contributed by atoms with E-state index in [4.69, 9.17) is 0 Å². The lowest BCUT2D eigenvalue weighted by atomic mass is 10.1. The summed E-state index contributed by atoms with van der Waals surface area (Å²) in [5.41, 5.74) is 0.890. The zero-order valence-electron chi connectivity index (χ0n) is 12.0. The molecule has 0 spiro atoms. The predicted octanol–water partition coefficient (Wildman–Crippen LogP) is 3.06. The molecular formula is C14H14BrF2N3O2. The van der Waals surface area contributed by atoms with Crippen molar-refractivity contribution in [3.8, 4) is 5.75 Å². The minimum Gasteiger partial charge on any atom is -0.434 e. The van der Waals surface area contributed by atoms with E-state index in [-0.39, 0.29) is 11.3 Å². The third-order valence-corrected chi connectivity index (χ3v) is 3.55. The molecule has 0 aliphatic rings. The van der Waals surface area contributed by atoms with Gasteiger partial charge in [-0.2, -0.15) is 13.9 Å². The number of hydrogen-bond acceptors (Lipinski definition) is 3. The van der Waals surface area contributed by atoms with E-state index in [1.54, 1.807) is 31.0 Å². The lowest BCUT2D eigenvalue weighted by Crippen LogP contribution is -2.28. The molecule has 0 saturated heterocycles. The number of alkyl halides is 2. The van der Waals surface area contributed by atoms with Crippen LogP contribution < -0.4 is 4.74 Å². The highest BCUT2D eigenvalue weighted by Gasteiger charge is 2.20. The number of nitrogens with zero attached hydrogens (tertiary/aromatic N) is 3. The summed E-state index contributed by atoms with van der Waals surface area (Å²) < 4.78 is 31.6. The molecule has 0 radical (unpaired) electrons. The second-order valence-corrected chi connectivity index (χ2v) is 5.54. The molecule has 0 N–H and O–H groups in total. The smallest absolute Gasteiger partial charge is 0.387 e. The van der Waals surface area contributed by atoms with Gasteiger partial charge in [-0.25, -0.2) is 0 Å². The monoisotopic (exact) mass is 373 g/mol.